The summed E-state index contributed by atoms with van der Waals surface area (Å²) >= 11 is 0. The second-order valence-electron chi connectivity index (χ2n) is 3.91. The maximum atomic E-state index is 11.4. The van der Waals surface area contributed by atoms with Crippen molar-refractivity contribution >= 4 is 11.6 Å². The number of amides is 1. The van der Waals surface area contributed by atoms with Crippen molar-refractivity contribution in [3.63, 3.8) is 0 Å². The number of anilines is 1. The number of rotatable bonds is 3. The molecule has 0 aromatic heterocycles. The van der Waals surface area contributed by atoms with Crippen LogP contribution >= 0.6 is 0 Å². The van der Waals surface area contributed by atoms with Crippen LogP contribution in [0.1, 0.15) is 29.8 Å². The van der Waals surface area contributed by atoms with Gasteiger partial charge in [0, 0.05) is 24.3 Å². The van der Waals surface area contributed by atoms with Crippen LogP contribution in [0.2, 0.25) is 0 Å². The van der Waals surface area contributed by atoms with E-state index >= 15 is 0 Å². The molecule has 0 saturated carbocycles. The first-order chi connectivity index (χ1) is 7.04. The average molecular weight is 206 g/mol. The Morgan fingerprint density at radius 3 is 2.53 bits per heavy atom. The molecule has 0 spiro atoms. The summed E-state index contributed by atoms with van der Waals surface area (Å²) in [6.07, 6.45) is 0. The number of carbonyl (C=O) groups is 1. The lowest BCUT2D eigenvalue weighted by atomic mass is 10.1. The van der Waals surface area contributed by atoms with Crippen LogP contribution in [0.25, 0.3) is 0 Å². The number of hydrogen-bond acceptors (Lipinski definition) is 2. The molecule has 0 heterocycles. The smallest absolute Gasteiger partial charge is 0.251 e. The topological polar surface area (TPSA) is 41.1 Å². The lowest BCUT2D eigenvalue weighted by Gasteiger charge is -2.13. The molecule has 2 N–H and O–H groups in total. The highest BCUT2D eigenvalue weighted by atomic mass is 16.1. The zero-order chi connectivity index (χ0) is 11.4. The Labute approximate surface area is 90.9 Å². The molecule has 15 heavy (non-hydrogen) atoms. The summed E-state index contributed by atoms with van der Waals surface area (Å²) < 4.78 is 0. The molecule has 1 rings (SSSR count). The van der Waals surface area contributed by atoms with Gasteiger partial charge in [0.15, 0.2) is 0 Å². The fourth-order valence-electron chi connectivity index (χ4n) is 1.37. The lowest BCUT2D eigenvalue weighted by Crippen LogP contribution is -2.18. The highest BCUT2D eigenvalue weighted by molar-refractivity contribution is 5.95. The van der Waals surface area contributed by atoms with Crippen molar-refractivity contribution in [1.29, 1.82) is 0 Å². The average Bonchev–Trinajstić information content (AvgIpc) is 2.19. The third kappa shape index (κ3) is 2.98. The van der Waals surface area contributed by atoms with Crippen LogP contribution in [0, 0.1) is 6.92 Å². The van der Waals surface area contributed by atoms with Gasteiger partial charge in [0.25, 0.3) is 5.91 Å². The Morgan fingerprint density at radius 1 is 1.33 bits per heavy atom. The number of hydrogen-bond donors (Lipinski definition) is 2. The first-order valence-corrected chi connectivity index (χ1v) is 5.14. The minimum Gasteiger partial charge on any atom is -0.383 e. The normalized spacial score (nSPS) is 10.2. The minimum atomic E-state index is -0.0539. The fourth-order valence-corrected chi connectivity index (χ4v) is 1.37. The maximum absolute atomic E-state index is 11.4. The van der Waals surface area contributed by atoms with Gasteiger partial charge in [-0.15, -0.1) is 0 Å². The maximum Gasteiger partial charge on any atom is 0.251 e. The second kappa shape index (κ2) is 4.82. The molecule has 0 saturated heterocycles. The first kappa shape index (κ1) is 11.6. The standard InChI is InChI=1S/C12H18N2O/c1-8(2)14-11-7-10(12(15)13-4)6-5-9(11)3/h5-8,14H,1-4H3,(H,13,15). The van der Waals surface area contributed by atoms with Gasteiger partial charge in [0.2, 0.25) is 0 Å². The second-order valence-corrected chi connectivity index (χ2v) is 3.91. The van der Waals surface area contributed by atoms with Gasteiger partial charge in [0.05, 0.1) is 0 Å². The van der Waals surface area contributed by atoms with Gasteiger partial charge in [-0.2, -0.15) is 0 Å². The fraction of sp³-hybridized carbons (Fsp3) is 0.417. The van der Waals surface area contributed by atoms with Crippen molar-refractivity contribution in [1.82, 2.24) is 5.32 Å². The zero-order valence-electron chi connectivity index (χ0n) is 9.72. The molecule has 0 atom stereocenters. The van der Waals surface area contributed by atoms with E-state index in [2.05, 4.69) is 24.5 Å². The van der Waals surface area contributed by atoms with E-state index in [0.717, 1.165) is 11.3 Å². The molecule has 1 aromatic carbocycles. The van der Waals surface area contributed by atoms with E-state index in [1.807, 2.05) is 25.1 Å². The Hall–Kier alpha value is -1.51. The summed E-state index contributed by atoms with van der Waals surface area (Å²) in [6, 6.07) is 6.03. The number of benzene rings is 1. The molecular weight excluding hydrogens is 188 g/mol. The number of nitrogens with one attached hydrogen (secondary N) is 2. The van der Waals surface area contributed by atoms with E-state index in [9.17, 15) is 4.79 Å². The van der Waals surface area contributed by atoms with E-state index in [1.165, 1.54) is 0 Å². The molecule has 0 fully saturated rings. The highest BCUT2D eigenvalue weighted by Gasteiger charge is 2.06. The van der Waals surface area contributed by atoms with E-state index < -0.39 is 0 Å². The van der Waals surface area contributed by atoms with Gasteiger partial charge in [-0.1, -0.05) is 6.07 Å². The number of carbonyl (C=O) groups excluding carboxylic acids is 1. The Bertz CT molecular complexity index is 359. The van der Waals surface area contributed by atoms with Gasteiger partial charge in [-0.25, -0.2) is 0 Å². The Balaban J connectivity index is 2.99. The molecule has 0 aliphatic heterocycles. The van der Waals surface area contributed by atoms with E-state index in [4.69, 9.17) is 0 Å². The lowest BCUT2D eigenvalue weighted by molar-refractivity contribution is 0.0963. The van der Waals surface area contributed by atoms with E-state index in [1.54, 1.807) is 7.05 Å². The van der Waals surface area contributed by atoms with Crippen LogP contribution in [0.4, 0.5) is 5.69 Å². The third-order valence-corrected chi connectivity index (χ3v) is 2.17. The van der Waals surface area contributed by atoms with Crippen molar-refractivity contribution in [2.75, 3.05) is 12.4 Å². The van der Waals surface area contributed by atoms with Crippen LogP contribution in [-0.4, -0.2) is 19.0 Å². The molecule has 3 nitrogen and oxygen atoms in total. The van der Waals surface area contributed by atoms with Crippen molar-refractivity contribution in [3.8, 4) is 0 Å². The third-order valence-electron chi connectivity index (χ3n) is 2.17. The summed E-state index contributed by atoms with van der Waals surface area (Å²) in [4.78, 5) is 11.4. The summed E-state index contributed by atoms with van der Waals surface area (Å²) in [6.45, 7) is 6.18. The SMILES string of the molecule is CNC(=O)c1ccc(C)c(NC(C)C)c1. The zero-order valence-corrected chi connectivity index (χ0v) is 9.72. The van der Waals surface area contributed by atoms with Gasteiger partial charge in [0.1, 0.15) is 0 Å². The Morgan fingerprint density at radius 2 is 2.00 bits per heavy atom. The molecule has 0 radical (unpaired) electrons. The largest absolute Gasteiger partial charge is 0.383 e. The van der Waals surface area contributed by atoms with Crippen molar-refractivity contribution in [3.05, 3.63) is 29.3 Å². The molecule has 0 unspecified atom stereocenters. The summed E-state index contributed by atoms with van der Waals surface area (Å²) in [5.41, 5.74) is 2.86. The quantitative estimate of drug-likeness (QED) is 0.795. The van der Waals surface area contributed by atoms with Gasteiger partial charge in [-0.05, 0) is 38.5 Å². The van der Waals surface area contributed by atoms with Crippen LogP contribution in [0.15, 0.2) is 18.2 Å². The molecule has 82 valence electrons. The molecule has 3 heteroatoms. The van der Waals surface area contributed by atoms with Crippen LogP contribution in [0.5, 0.6) is 0 Å². The Kier molecular flexibility index (Phi) is 3.72. The van der Waals surface area contributed by atoms with Crippen molar-refractivity contribution < 1.29 is 4.79 Å². The van der Waals surface area contributed by atoms with Crippen molar-refractivity contribution in [2.24, 2.45) is 0 Å². The monoisotopic (exact) mass is 206 g/mol. The van der Waals surface area contributed by atoms with Gasteiger partial charge in [-0.3, -0.25) is 4.79 Å². The predicted octanol–water partition coefficient (Wildman–Crippen LogP) is 2.17. The molecule has 0 bridgehead atoms. The predicted molar refractivity (Wildman–Crippen MR) is 63.3 cm³/mol. The highest BCUT2D eigenvalue weighted by Crippen LogP contribution is 2.17. The molecule has 0 aliphatic rings. The van der Waals surface area contributed by atoms with Crippen LogP contribution in [0.3, 0.4) is 0 Å². The van der Waals surface area contributed by atoms with E-state index in [0.29, 0.717) is 11.6 Å². The summed E-state index contributed by atoms with van der Waals surface area (Å²) in [5.74, 6) is -0.0539. The first-order valence-electron chi connectivity index (χ1n) is 5.14. The van der Waals surface area contributed by atoms with Gasteiger partial charge >= 0.3 is 0 Å². The van der Waals surface area contributed by atoms with Crippen LogP contribution in [-0.2, 0) is 0 Å². The molecule has 0 aliphatic carbocycles. The van der Waals surface area contributed by atoms with Gasteiger partial charge < -0.3 is 10.6 Å². The van der Waals surface area contributed by atoms with E-state index in [-0.39, 0.29) is 5.91 Å². The van der Waals surface area contributed by atoms with Crippen LogP contribution < -0.4 is 10.6 Å². The minimum absolute atomic E-state index is 0.0539. The molecule has 1 aromatic rings. The molecular formula is C12H18N2O. The summed E-state index contributed by atoms with van der Waals surface area (Å²) in [7, 11) is 1.64. The number of aryl methyl sites for hydroxylation is 1. The van der Waals surface area contributed by atoms with Crippen molar-refractivity contribution in [2.45, 2.75) is 26.8 Å². The molecule has 1 amide bonds. The summed E-state index contributed by atoms with van der Waals surface area (Å²) in [5, 5.41) is 5.93.